The van der Waals surface area contributed by atoms with Gasteiger partial charge in [-0.2, -0.15) is 0 Å². The maximum atomic E-state index is 6.56. The van der Waals surface area contributed by atoms with Crippen molar-refractivity contribution in [1.82, 2.24) is 0 Å². The topological polar surface area (TPSA) is 4.36 Å². The summed E-state index contributed by atoms with van der Waals surface area (Å²) in [5.41, 5.74) is 0. The van der Waals surface area contributed by atoms with Crippen LogP contribution >= 0.6 is 0 Å². The Morgan fingerprint density at radius 1 is 1.29 bits per heavy atom. The molecule has 0 rings (SSSR count). The normalized spacial score (nSPS) is 13.6. The molecule has 1 unspecified atom stereocenters. The van der Waals surface area contributed by atoms with Gasteiger partial charge >= 0.3 is 0 Å². The molecular weight excluding hydrogens is 86.1 g/mol. The second-order valence-corrected chi connectivity index (χ2v) is 2.11. The van der Waals surface area contributed by atoms with Crippen molar-refractivity contribution in [3.8, 4) is 0 Å². The summed E-state index contributed by atoms with van der Waals surface area (Å²) in [6, 6.07) is 0.194. The Morgan fingerprint density at radius 2 is 1.71 bits per heavy atom. The summed E-state index contributed by atoms with van der Waals surface area (Å²) in [4.78, 5) is 3.34. The first kappa shape index (κ1) is 6.49. The van der Waals surface area contributed by atoms with E-state index in [0.717, 1.165) is 0 Å². The Balaban J connectivity index is 3.40. The molecule has 0 N–H and O–H groups in total. The zero-order valence-electron chi connectivity index (χ0n) is 5.10. The van der Waals surface area contributed by atoms with Gasteiger partial charge in [0, 0.05) is 12.8 Å². The predicted molar refractivity (Wildman–Crippen MR) is 30.9 cm³/mol. The molecule has 0 amide bonds. The van der Waals surface area contributed by atoms with Gasteiger partial charge < -0.3 is 4.85 Å². The minimum Gasteiger partial charge on any atom is -0.314 e. The van der Waals surface area contributed by atoms with Crippen molar-refractivity contribution in [1.29, 1.82) is 0 Å². The number of nitrogens with zero attached hydrogens (tertiary/aromatic N) is 1. The van der Waals surface area contributed by atoms with E-state index in [-0.39, 0.29) is 6.04 Å². The third-order valence-corrected chi connectivity index (χ3v) is 1.17. The third-order valence-electron chi connectivity index (χ3n) is 1.17. The lowest BCUT2D eigenvalue weighted by Gasteiger charge is -1.98. The van der Waals surface area contributed by atoms with Crippen LogP contribution in [0.3, 0.4) is 0 Å². The highest BCUT2D eigenvalue weighted by atomic mass is 14.7. The molecule has 0 aliphatic rings. The Morgan fingerprint density at radius 3 is 1.71 bits per heavy atom. The maximum Gasteiger partial charge on any atom is 0.223 e. The van der Waals surface area contributed by atoms with Crippen molar-refractivity contribution in [2.75, 3.05) is 0 Å². The Kier molecular flexibility index (Phi) is 2.44. The van der Waals surface area contributed by atoms with E-state index in [1.165, 1.54) is 0 Å². The van der Waals surface area contributed by atoms with Gasteiger partial charge in [0.25, 0.3) is 0 Å². The Hall–Kier alpha value is -0.510. The lowest BCUT2D eigenvalue weighted by Crippen LogP contribution is -2.03. The summed E-state index contributed by atoms with van der Waals surface area (Å²) in [6.45, 7) is 12.6. The monoisotopic (exact) mass is 97.1 g/mol. The number of rotatable bonds is 1. The molecule has 0 saturated carbocycles. The van der Waals surface area contributed by atoms with E-state index in [2.05, 4.69) is 18.7 Å². The molecular formula is C6H11N. The van der Waals surface area contributed by atoms with Crippen LogP contribution in [-0.2, 0) is 0 Å². The fourth-order valence-electron chi connectivity index (χ4n) is 0.149. The van der Waals surface area contributed by atoms with Crippen molar-refractivity contribution in [3.05, 3.63) is 11.4 Å². The van der Waals surface area contributed by atoms with Crippen LogP contribution in [0, 0.1) is 12.5 Å². The molecule has 0 aromatic rings. The molecule has 1 nitrogen and oxygen atoms in total. The summed E-state index contributed by atoms with van der Waals surface area (Å²) < 4.78 is 0. The first-order valence-electron chi connectivity index (χ1n) is 2.55. The zero-order valence-corrected chi connectivity index (χ0v) is 5.10. The van der Waals surface area contributed by atoms with Crippen LogP contribution in [0.25, 0.3) is 4.85 Å². The van der Waals surface area contributed by atoms with E-state index in [0.29, 0.717) is 5.92 Å². The molecule has 0 bridgehead atoms. The van der Waals surface area contributed by atoms with E-state index in [4.69, 9.17) is 6.57 Å². The minimum atomic E-state index is 0.194. The second kappa shape index (κ2) is 2.63. The first-order valence-corrected chi connectivity index (χ1v) is 2.55. The third kappa shape index (κ3) is 2.22. The van der Waals surface area contributed by atoms with Crippen LogP contribution in [0.1, 0.15) is 20.8 Å². The molecule has 40 valence electrons. The van der Waals surface area contributed by atoms with Gasteiger partial charge in [0.2, 0.25) is 6.04 Å². The summed E-state index contributed by atoms with van der Waals surface area (Å²) in [5.74, 6) is 0.512. The summed E-state index contributed by atoms with van der Waals surface area (Å²) in [7, 11) is 0. The van der Waals surface area contributed by atoms with E-state index in [1.54, 1.807) is 0 Å². The summed E-state index contributed by atoms with van der Waals surface area (Å²) in [6.07, 6.45) is 0. The molecule has 0 saturated heterocycles. The average molecular weight is 97.2 g/mol. The highest BCUT2D eigenvalue weighted by Gasteiger charge is 2.07. The fraction of sp³-hybridized carbons (Fsp3) is 0.833. The van der Waals surface area contributed by atoms with Gasteiger partial charge in [0.05, 0.1) is 0 Å². The molecule has 0 spiro atoms. The van der Waals surface area contributed by atoms with Gasteiger partial charge in [-0.15, -0.1) is 0 Å². The second-order valence-electron chi connectivity index (χ2n) is 2.11. The zero-order chi connectivity index (χ0) is 5.86. The largest absolute Gasteiger partial charge is 0.314 e. The highest BCUT2D eigenvalue weighted by Crippen LogP contribution is 2.02. The van der Waals surface area contributed by atoms with Gasteiger partial charge in [0.1, 0.15) is 0 Å². The van der Waals surface area contributed by atoms with E-state index < -0.39 is 0 Å². The summed E-state index contributed by atoms with van der Waals surface area (Å²) >= 11 is 0. The predicted octanol–water partition coefficient (Wildman–Crippen LogP) is 1.95. The number of hydrogen-bond donors (Lipinski definition) is 0. The van der Waals surface area contributed by atoms with Gasteiger partial charge in [0.15, 0.2) is 0 Å². The standard InChI is InChI=1S/C6H11N/c1-5(2)6(3)7-4/h5-6H,1-3H3. The van der Waals surface area contributed by atoms with Gasteiger partial charge in [-0.3, -0.25) is 0 Å². The molecule has 1 heteroatoms. The summed E-state index contributed by atoms with van der Waals surface area (Å²) in [5, 5.41) is 0. The van der Waals surface area contributed by atoms with Crippen LogP contribution in [0.2, 0.25) is 0 Å². The molecule has 0 radical (unpaired) electrons. The Bertz CT molecular complexity index is 78.7. The Labute approximate surface area is 45.2 Å². The molecule has 0 aliphatic heterocycles. The van der Waals surface area contributed by atoms with Crippen LogP contribution in [-0.4, -0.2) is 6.04 Å². The van der Waals surface area contributed by atoms with Crippen LogP contribution in [0.4, 0.5) is 0 Å². The lowest BCUT2D eigenvalue weighted by atomic mass is 10.1. The van der Waals surface area contributed by atoms with Crippen LogP contribution < -0.4 is 0 Å². The SMILES string of the molecule is [C-]#[N+]C(C)C(C)C. The smallest absolute Gasteiger partial charge is 0.223 e. The van der Waals surface area contributed by atoms with Crippen molar-refractivity contribution in [2.24, 2.45) is 5.92 Å². The quantitative estimate of drug-likeness (QED) is 0.440. The van der Waals surface area contributed by atoms with Crippen molar-refractivity contribution >= 4 is 0 Å². The van der Waals surface area contributed by atoms with Crippen LogP contribution in [0.5, 0.6) is 0 Å². The number of hydrogen-bond acceptors (Lipinski definition) is 0. The lowest BCUT2D eigenvalue weighted by molar-refractivity contribution is 0.587. The van der Waals surface area contributed by atoms with Crippen LogP contribution in [0.15, 0.2) is 0 Å². The molecule has 0 aromatic carbocycles. The van der Waals surface area contributed by atoms with Gasteiger partial charge in [-0.25, -0.2) is 6.57 Å². The molecule has 0 aromatic heterocycles. The molecule has 0 fully saturated rings. The maximum absolute atomic E-state index is 6.56. The molecule has 7 heavy (non-hydrogen) atoms. The van der Waals surface area contributed by atoms with Crippen molar-refractivity contribution in [3.63, 3.8) is 0 Å². The minimum absolute atomic E-state index is 0.194. The fourth-order valence-corrected chi connectivity index (χ4v) is 0.149. The molecule has 1 atom stereocenters. The van der Waals surface area contributed by atoms with Gasteiger partial charge in [-0.1, -0.05) is 13.8 Å². The van der Waals surface area contributed by atoms with Crippen molar-refractivity contribution in [2.45, 2.75) is 26.8 Å². The van der Waals surface area contributed by atoms with E-state index in [9.17, 15) is 0 Å². The van der Waals surface area contributed by atoms with Crippen molar-refractivity contribution < 1.29 is 0 Å². The highest BCUT2D eigenvalue weighted by molar-refractivity contribution is 4.75. The molecule has 0 heterocycles. The van der Waals surface area contributed by atoms with Gasteiger partial charge in [-0.05, 0) is 0 Å². The van der Waals surface area contributed by atoms with E-state index >= 15 is 0 Å². The first-order chi connectivity index (χ1) is 3.18. The van der Waals surface area contributed by atoms with E-state index in [1.807, 2.05) is 6.92 Å². The molecule has 0 aliphatic carbocycles. The average Bonchev–Trinajstić information content (AvgIpc) is 1.65.